The van der Waals surface area contributed by atoms with Crippen molar-refractivity contribution in [3.8, 4) is 6.07 Å². The van der Waals surface area contributed by atoms with Crippen LogP contribution in [0.5, 0.6) is 0 Å². The summed E-state index contributed by atoms with van der Waals surface area (Å²) in [5.74, 6) is 2.58. The zero-order chi connectivity index (χ0) is 14.6. The molecule has 3 aliphatic rings. The van der Waals surface area contributed by atoms with E-state index in [0.717, 1.165) is 11.8 Å². The molecule has 2 bridgehead atoms. The molecule has 3 fully saturated rings. The SMILES string of the molecule is N#Cc1ccccc1CS(=O)(=O)NC1C2C3CCC(C3)C12. The fraction of sp³-hybridized carbons (Fsp3) is 0.562. The molecule has 0 saturated heterocycles. The molecule has 0 aliphatic heterocycles. The summed E-state index contributed by atoms with van der Waals surface area (Å²) in [6.45, 7) is 0. The third-order valence-electron chi connectivity index (χ3n) is 5.53. The number of fused-ring (bicyclic) bond motifs is 5. The number of nitrogens with zero attached hydrogens (tertiary/aromatic N) is 1. The molecule has 1 aromatic rings. The van der Waals surface area contributed by atoms with Gasteiger partial charge in [0.1, 0.15) is 0 Å². The van der Waals surface area contributed by atoms with E-state index in [1.807, 2.05) is 0 Å². The second-order valence-corrected chi connectivity index (χ2v) is 8.41. The van der Waals surface area contributed by atoms with E-state index < -0.39 is 10.0 Å². The second-order valence-electron chi connectivity index (χ2n) is 6.66. The van der Waals surface area contributed by atoms with E-state index in [1.54, 1.807) is 24.3 Å². The third kappa shape index (κ3) is 2.18. The molecular weight excluding hydrogens is 284 g/mol. The molecule has 3 saturated carbocycles. The van der Waals surface area contributed by atoms with Crippen LogP contribution in [0.1, 0.15) is 30.4 Å². The highest BCUT2D eigenvalue weighted by Gasteiger charge is 2.65. The number of sulfonamides is 1. The largest absolute Gasteiger partial charge is 0.216 e. The molecule has 5 heteroatoms. The van der Waals surface area contributed by atoms with E-state index in [-0.39, 0.29) is 11.8 Å². The first kappa shape index (κ1) is 13.3. The molecular formula is C16H18N2O2S. The molecule has 110 valence electrons. The van der Waals surface area contributed by atoms with Crippen molar-refractivity contribution in [3.05, 3.63) is 35.4 Å². The number of nitriles is 1. The Balaban J connectivity index is 1.47. The third-order valence-corrected chi connectivity index (χ3v) is 6.86. The zero-order valence-electron chi connectivity index (χ0n) is 11.7. The Bertz CT molecular complexity index is 706. The molecule has 0 radical (unpaired) electrons. The molecule has 1 N–H and O–H groups in total. The van der Waals surface area contributed by atoms with Crippen LogP contribution < -0.4 is 4.72 Å². The van der Waals surface area contributed by atoms with Gasteiger partial charge in [-0.2, -0.15) is 5.26 Å². The molecule has 0 spiro atoms. The maximum absolute atomic E-state index is 12.4. The first-order valence-corrected chi connectivity index (χ1v) is 9.22. The minimum absolute atomic E-state index is 0.0952. The predicted molar refractivity (Wildman–Crippen MR) is 78.5 cm³/mol. The maximum atomic E-state index is 12.4. The van der Waals surface area contributed by atoms with Crippen LogP contribution in [-0.2, 0) is 15.8 Å². The Morgan fingerprint density at radius 3 is 2.52 bits per heavy atom. The van der Waals surface area contributed by atoms with Crippen molar-refractivity contribution in [1.29, 1.82) is 5.26 Å². The molecule has 3 aliphatic carbocycles. The average Bonchev–Trinajstić information content (AvgIpc) is 2.85. The number of hydrogen-bond donors (Lipinski definition) is 1. The number of benzene rings is 1. The standard InChI is InChI=1S/C16H18N2O2S/c17-8-12-3-1-2-4-13(12)9-21(19,20)18-16-14-10-5-6-11(7-10)15(14)16/h1-4,10-11,14-16,18H,5-7,9H2. The van der Waals surface area contributed by atoms with Crippen LogP contribution in [0, 0.1) is 35.0 Å². The van der Waals surface area contributed by atoms with Crippen molar-refractivity contribution in [2.45, 2.75) is 31.1 Å². The molecule has 0 amide bonds. The van der Waals surface area contributed by atoms with E-state index in [1.165, 1.54) is 19.3 Å². The van der Waals surface area contributed by atoms with Gasteiger partial charge in [-0.15, -0.1) is 0 Å². The lowest BCUT2D eigenvalue weighted by molar-refractivity contribution is 0.456. The number of nitrogens with one attached hydrogen (secondary N) is 1. The molecule has 4 rings (SSSR count). The Hall–Kier alpha value is -1.38. The second kappa shape index (κ2) is 4.56. The fourth-order valence-corrected chi connectivity index (χ4v) is 6.17. The summed E-state index contributed by atoms with van der Waals surface area (Å²) >= 11 is 0. The summed E-state index contributed by atoms with van der Waals surface area (Å²) in [6.07, 6.45) is 3.87. The predicted octanol–water partition coefficient (Wildman–Crippen LogP) is 2.02. The van der Waals surface area contributed by atoms with E-state index >= 15 is 0 Å². The van der Waals surface area contributed by atoms with E-state index in [0.29, 0.717) is 23.0 Å². The lowest BCUT2D eigenvalue weighted by atomic mass is 10.0. The van der Waals surface area contributed by atoms with Gasteiger partial charge in [0, 0.05) is 6.04 Å². The summed E-state index contributed by atoms with van der Waals surface area (Å²) in [7, 11) is -3.37. The van der Waals surface area contributed by atoms with Crippen LogP contribution in [0.4, 0.5) is 0 Å². The van der Waals surface area contributed by atoms with Crippen LogP contribution >= 0.6 is 0 Å². The van der Waals surface area contributed by atoms with Gasteiger partial charge < -0.3 is 0 Å². The fourth-order valence-electron chi connectivity index (χ4n) is 4.69. The molecule has 4 nitrogen and oxygen atoms in total. The topological polar surface area (TPSA) is 70.0 Å². The Morgan fingerprint density at radius 2 is 1.86 bits per heavy atom. The van der Waals surface area contributed by atoms with Crippen LogP contribution in [0.15, 0.2) is 24.3 Å². The molecule has 1 aromatic carbocycles. The Morgan fingerprint density at radius 1 is 1.19 bits per heavy atom. The van der Waals surface area contributed by atoms with Crippen molar-refractivity contribution in [1.82, 2.24) is 4.72 Å². The van der Waals surface area contributed by atoms with Gasteiger partial charge in [0.2, 0.25) is 10.0 Å². The van der Waals surface area contributed by atoms with Crippen molar-refractivity contribution in [3.63, 3.8) is 0 Å². The summed E-state index contributed by atoms with van der Waals surface area (Å²) in [5.41, 5.74) is 1.03. The zero-order valence-corrected chi connectivity index (χ0v) is 12.5. The summed E-state index contributed by atoms with van der Waals surface area (Å²) < 4.78 is 27.6. The monoisotopic (exact) mass is 302 g/mol. The quantitative estimate of drug-likeness (QED) is 0.925. The van der Waals surface area contributed by atoms with Gasteiger partial charge in [-0.1, -0.05) is 18.2 Å². The first-order chi connectivity index (χ1) is 10.1. The van der Waals surface area contributed by atoms with Gasteiger partial charge in [0.05, 0.1) is 17.4 Å². The highest BCUT2D eigenvalue weighted by atomic mass is 32.2. The van der Waals surface area contributed by atoms with Gasteiger partial charge in [-0.05, 0) is 54.6 Å². The molecule has 4 unspecified atom stereocenters. The van der Waals surface area contributed by atoms with Crippen LogP contribution in [-0.4, -0.2) is 14.5 Å². The Kier molecular flexibility index (Phi) is 2.88. The van der Waals surface area contributed by atoms with Gasteiger partial charge in [-0.25, -0.2) is 13.1 Å². The summed E-state index contributed by atoms with van der Waals surface area (Å²) in [4.78, 5) is 0. The van der Waals surface area contributed by atoms with Crippen LogP contribution in [0.25, 0.3) is 0 Å². The molecule has 4 atom stereocenters. The van der Waals surface area contributed by atoms with Gasteiger partial charge in [0.25, 0.3) is 0 Å². The number of hydrogen-bond acceptors (Lipinski definition) is 3. The van der Waals surface area contributed by atoms with Gasteiger partial charge in [-0.3, -0.25) is 0 Å². The highest BCUT2D eigenvalue weighted by molar-refractivity contribution is 7.88. The van der Waals surface area contributed by atoms with Crippen molar-refractivity contribution in [2.75, 3.05) is 0 Å². The molecule has 0 aromatic heterocycles. The summed E-state index contributed by atoms with van der Waals surface area (Å²) in [5, 5.41) is 9.05. The van der Waals surface area contributed by atoms with Gasteiger partial charge in [0.15, 0.2) is 0 Å². The molecule has 21 heavy (non-hydrogen) atoms. The lowest BCUT2D eigenvalue weighted by Crippen LogP contribution is -2.31. The Labute approximate surface area is 125 Å². The highest BCUT2D eigenvalue weighted by Crippen LogP contribution is 2.65. The first-order valence-electron chi connectivity index (χ1n) is 7.57. The smallest absolute Gasteiger partial charge is 0.212 e. The van der Waals surface area contributed by atoms with E-state index in [4.69, 9.17) is 5.26 Å². The minimum atomic E-state index is -3.37. The van der Waals surface area contributed by atoms with Crippen molar-refractivity contribution < 1.29 is 8.42 Å². The van der Waals surface area contributed by atoms with E-state index in [2.05, 4.69) is 10.8 Å². The van der Waals surface area contributed by atoms with Crippen LogP contribution in [0.2, 0.25) is 0 Å². The number of rotatable bonds is 4. The van der Waals surface area contributed by atoms with E-state index in [9.17, 15) is 8.42 Å². The molecule has 0 heterocycles. The minimum Gasteiger partial charge on any atom is -0.212 e. The average molecular weight is 302 g/mol. The summed E-state index contributed by atoms with van der Waals surface area (Å²) in [6, 6.07) is 9.13. The van der Waals surface area contributed by atoms with Crippen LogP contribution in [0.3, 0.4) is 0 Å². The lowest BCUT2D eigenvalue weighted by Gasteiger charge is -2.11. The maximum Gasteiger partial charge on any atom is 0.216 e. The van der Waals surface area contributed by atoms with Gasteiger partial charge >= 0.3 is 0 Å². The van der Waals surface area contributed by atoms with Crippen molar-refractivity contribution >= 4 is 10.0 Å². The van der Waals surface area contributed by atoms with Crippen molar-refractivity contribution in [2.24, 2.45) is 23.7 Å². The normalized spacial score (nSPS) is 36.2.